The molecule has 0 bridgehead atoms. The SMILES string of the molecule is CCOc1cc(CNCC(C)C(C)C)ccc1O. The van der Waals surface area contributed by atoms with Gasteiger partial charge in [0.25, 0.3) is 0 Å². The lowest BCUT2D eigenvalue weighted by molar-refractivity contribution is 0.317. The van der Waals surface area contributed by atoms with Gasteiger partial charge in [0.15, 0.2) is 11.5 Å². The molecule has 2 N–H and O–H groups in total. The van der Waals surface area contributed by atoms with Crippen LogP contribution in [0.3, 0.4) is 0 Å². The number of rotatable bonds is 7. The fourth-order valence-electron chi connectivity index (χ4n) is 1.62. The molecule has 1 rings (SSSR count). The molecule has 1 unspecified atom stereocenters. The summed E-state index contributed by atoms with van der Waals surface area (Å²) in [6.07, 6.45) is 0. The second-order valence-corrected chi connectivity index (χ2v) is 5.09. The van der Waals surface area contributed by atoms with Crippen LogP contribution in [0.15, 0.2) is 18.2 Å². The number of hydrogen-bond acceptors (Lipinski definition) is 3. The zero-order valence-corrected chi connectivity index (χ0v) is 11.9. The first kappa shape index (κ1) is 14.8. The summed E-state index contributed by atoms with van der Waals surface area (Å²) < 4.78 is 5.37. The molecule has 0 heterocycles. The molecular weight excluding hydrogens is 226 g/mol. The van der Waals surface area contributed by atoms with E-state index in [0.717, 1.165) is 18.7 Å². The van der Waals surface area contributed by atoms with Crippen molar-refractivity contribution in [1.82, 2.24) is 5.32 Å². The molecule has 3 heteroatoms. The minimum Gasteiger partial charge on any atom is -0.504 e. The van der Waals surface area contributed by atoms with Gasteiger partial charge in [-0.2, -0.15) is 0 Å². The predicted molar refractivity (Wildman–Crippen MR) is 75.0 cm³/mol. The van der Waals surface area contributed by atoms with Crippen molar-refractivity contribution in [2.75, 3.05) is 13.2 Å². The summed E-state index contributed by atoms with van der Waals surface area (Å²) in [5, 5.41) is 13.0. The van der Waals surface area contributed by atoms with Crippen molar-refractivity contribution in [3.63, 3.8) is 0 Å². The van der Waals surface area contributed by atoms with E-state index in [9.17, 15) is 5.11 Å². The Morgan fingerprint density at radius 2 is 2.00 bits per heavy atom. The number of hydrogen-bond donors (Lipinski definition) is 2. The average molecular weight is 251 g/mol. The van der Waals surface area contributed by atoms with Crippen LogP contribution >= 0.6 is 0 Å². The van der Waals surface area contributed by atoms with Gasteiger partial charge < -0.3 is 15.2 Å². The lowest BCUT2D eigenvalue weighted by atomic mass is 9.98. The van der Waals surface area contributed by atoms with Crippen LogP contribution in [-0.2, 0) is 6.54 Å². The van der Waals surface area contributed by atoms with Crippen molar-refractivity contribution in [3.05, 3.63) is 23.8 Å². The van der Waals surface area contributed by atoms with E-state index in [-0.39, 0.29) is 5.75 Å². The number of nitrogens with one attached hydrogen (secondary N) is 1. The number of phenols is 1. The van der Waals surface area contributed by atoms with Gasteiger partial charge in [0.1, 0.15) is 0 Å². The molecule has 18 heavy (non-hydrogen) atoms. The van der Waals surface area contributed by atoms with E-state index in [0.29, 0.717) is 24.2 Å². The summed E-state index contributed by atoms with van der Waals surface area (Å²) in [5.74, 6) is 2.12. The van der Waals surface area contributed by atoms with Crippen molar-refractivity contribution in [3.8, 4) is 11.5 Å². The number of aromatic hydroxyl groups is 1. The van der Waals surface area contributed by atoms with Crippen LogP contribution in [0.1, 0.15) is 33.3 Å². The van der Waals surface area contributed by atoms with E-state index in [4.69, 9.17) is 4.74 Å². The van der Waals surface area contributed by atoms with Crippen LogP contribution in [0.2, 0.25) is 0 Å². The molecule has 0 radical (unpaired) electrons. The molecule has 1 aromatic carbocycles. The largest absolute Gasteiger partial charge is 0.504 e. The van der Waals surface area contributed by atoms with Gasteiger partial charge in [0.05, 0.1) is 6.61 Å². The Kier molecular flexibility index (Phi) is 5.99. The first-order valence-electron chi connectivity index (χ1n) is 6.70. The molecule has 0 saturated heterocycles. The molecule has 102 valence electrons. The van der Waals surface area contributed by atoms with Crippen molar-refractivity contribution in [1.29, 1.82) is 0 Å². The normalized spacial score (nSPS) is 12.7. The lowest BCUT2D eigenvalue weighted by Gasteiger charge is -2.16. The van der Waals surface area contributed by atoms with Gasteiger partial charge in [-0.15, -0.1) is 0 Å². The average Bonchev–Trinajstić information content (AvgIpc) is 2.33. The van der Waals surface area contributed by atoms with E-state index < -0.39 is 0 Å². The number of benzene rings is 1. The third-order valence-corrected chi connectivity index (χ3v) is 3.26. The minimum atomic E-state index is 0.205. The molecular formula is C15H25NO2. The van der Waals surface area contributed by atoms with Crippen LogP contribution in [0, 0.1) is 11.8 Å². The lowest BCUT2D eigenvalue weighted by Crippen LogP contribution is -2.23. The van der Waals surface area contributed by atoms with E-state index in [1.165, 1.54) is 0 Å². The highest BCUT2D eigenvalue weighted by Gasteiger charge is 2.07. The van der Waals surface area contributed by atoms with Crippen LogP contribution in [0.25, 0.3) is 0 Å². The van der Waals surface area contributed by atoms with Gasteiger partial charge in [0, 0.05) is 6.54 Å². The van der Waals surface area contributed by atoms with Crippen molar-refractivity contribution < 1.29 is 9.84 Å². The Bertz CT molecular complexity index is 364. The smallest absolute Gasteiger partial charge is 0.161 e. The Labute approximate surface area is 110 Å². The summed E-state index contributed by atoms with van der Waals surface area (Å²) in [4.78, 5) is 0. The van der Waals surface area contributed by atoms with Gasteiger partial charge in [-0.05, 0) is 43.0 Å². The summed E-state index contributed by atoms with van der Waals surface area (Å²) in [5.41, 5.74) is 1.13. The van der Waals surface area contributed by atoms with Crippen LogP contribution in [0.4, 0.5) is 0 Å². The Hall–Kier alpha value is -1.22. The zero-order valence-electron chi connectivity index (χ0n) is 11.9. The molecule has 0 fully saturated rings. The molecule has 0 saturated carbocycles. The predicted octanol–water partition coefficient (Wildman–Crippen LogP) is 3.17. The first-order chi connectivity index (χ1) is 8.54. The van der Waals surface area contributed by atoms with Gasteiger partial charge in [-0.3, -0.25) is 0 Å². The van der Waals surface area contributed by atoms with Crippen molar-refractivity contribution >= 4 is 0 Å². The zero-order chi connectivity index (χ0) is 13.5. The fourth-order valence-corrected chi connectivity index (χ4v) is 1.62. The highest BCUT2D eigenvalue weighted by molar-refractivity contribution is 5.41. The molecule has 0 spiro atoms. The number of phenolic OH excluding ortho intramolecular Hbond substituents is 1. The summed E-state index contributed by atoms with van der Waals surface area (Å²) in [6.45, 7) is 11.0. The van der Waals surface area contributed by atoms with Gasteiger partial charge in [-0.1, -0.05) is 26.8 Å². The summed E-state index contributed by atoms with van der Waals surface area (Å²) in [6, 6.07) is 5.50. The molecule has 0 aromatic heterocycles. The van der Waals surface area contributed by atoms with Gasteiger partial charge >= 0.3 is 0 Å². The molecule has 0 aliphatic carbocycles. The third kappa shape index (κ3) is 4.57. The van der Waals surface area contributed by atoms with Crippen LogP contribution < -0.4 is 10.1 Å². The highest BCUT2D eigenvalue weighted by Crippen LogP contribution is 2.26. The minimum absolute atomic E-state index is 0.205. The monoisotopic (exact) mass is 251 g/mol. The molecule has 3 nitrogen and oxygen atoms in total. The van der Waals surface area contributed by atoms with E-state index in [2.05, 4.69) is 26.1 Å². The van der Waals surface area contributed by atoms with E-state index >= 15 is 0 Å². The Morgan fingerprint density at radius 3 is 2.61 bits per heavy atom. The number of ether oxygens (including phenoxy) is 1. The molecule has 0 aliphatic heterocycles. The van der Waals surface area contributed by atoms with Crippen molar-refractivity contribution in [2.45, 2.75) is 34.2 Å². The van der Waals surface area contributed by atoms with E-state index in [1.807, 2.05) is 19.1 Å². The fraction of sp³-hybridized carbons (Fsp3) is 0.600. The molecule has 1 atom stereocenters. The second-order valence-electron chi connectivity index (χ2n) is 5.09. The topological polar surface area (TPSA) is 41.5 Å². The second kappa shape index (κ2) is 7.27. The van der Waals surface area contributed by atoms with Crippen LogP contribution in [-0.4, -0.2) is 18.3 Å². The molecule has 0 aliphatic rings. The summed E-state index contributed by atoms with van der Waals surface area (Å²) >= 11 is 0. The maximum atomic E-state index is 9.61. The van der Waals surface area contributed by atoms with E-state index in [1.54, 1.807) is 6.07 Å². The molecule has 0 amide bonds. The standard InChI is InChI=1S/C15H25NO2/c1-5-18-15-8-13(6-7-14(15)17)10-16-9-12(4)11(2)3/h6-8,11-12,16-17H,5,9-10H2,1-4H3. The van der Waals surface area contributed by atoms with Gasteiger partial charge in [-0.25, -0.2) is 0 Å². The quantitative estimate of drug-likeness (QED) is 0.782. The Morgan fingerprint density at radius 1 is 1.28 bits per heavy atom. The van der Waals surface area contributed by atoms with Crippen molar-refractivity contribution in [2.24, 2.45) is 11.8 Å². The van der Waals surface area contributed by atoms with Gasteiger partial charge in [0.2, 0.25) is 0 Å². The first-order valence-corrected chi connectivity index (χ1v) is 6.70. The summed E-state index contributed by atoms with van der Waals surface area (Å²) in [7, 11) is 0. The highest BCUT2D eigenvalue weighted by atomic mass is 16.5. The third-order valence-electron chi connectivity index (χ3n) is 3.26. The Balaban J connectivity index is 2.50. The molecule has 1 aromatic rings. The van der Waals surface area contributed by atoms with Crippen LogP contribution in [0.5, 0.6) is 11.5 Å². The maximum absolute atomic E-state index is 9.61. The maximum Gasteiger partial charge on any atom is 0.161 e.